The first-order valence-electron chi connectivity index (χ1n) is 7.68. The van der Waals surface area contributed by atoms with Gasteiger partial charge in [-0.3, -0.25) is 0 Å². The molecule has 3 unspecified atom stereocenters. The second-order valence-corrected chi connectivity index (χ2v) is 6.22. The van der Waals surface area contributed by atoms with E-state index >= 15 is 0 Å². The molecule has 0 aromatic rings. The molecule has 0 aromatic heterocycles. The van der Waals surface area contributed by atoms with E-state index in [1.165, 1.54) is 25.7 Å². The normalized spacial score (nSPS) is 30.7. The highest BCUT2D eigenvalue weighted by Crippen LogP contribution is 2.38. The number of hydrogen-bond donors (Lipinski definition) is 3. The van der Waals surface area contributed by atoms with Crippen LogP contribution in [0.5, 0.6) is 0 Å². The van der Waals surface area contributed by atoms with Gasteiger partial charge in [0.15, 0.2) is 0 Å². The van der Waals surface area contributed by atoms with Crippen molar-refractivity contribution in [3.05, 3.63) is 0 Å². The molecule has 3 heteroatoms. The lowest BCUT2D eigenvalue weighted by atomic mass is 9.67. The zero-order valence-electron chi connectivity index (χ0n) is 12.4. The molecule has 0 saturated heterocycles. The topological polar surface area (TPSA) is 58.3 Å². The Hall–Kier alpha value is -0.120. The van der Waals surface area contributed by atoms with E-state index in [2.05, 4.69) is 26.1 Å². The van der Waals surface area contributed by atoms with Crippen molar-refractivity contribution in [3.63, 3.8) is 0 Å². The first-order valence-corrected chi connectivity index (χ1v) is 7.68. The van der Waals surface area contributed by atoms with Gasteiger partial charge in [0.05, 0.1) is 0 Å². The lowest BCUT2D eigenvalue weighted by Gasteiger charge is -2.48. The average molecular weight is 256 g/mol. The second kappa shape index (κ2) is 7.46. The van der Waals surface area contributed by atoms with E-state index in [9.17, 15) is 0 Å². The lowest BCUT2D eigenvalue weighted by molar-refractivity contribution is 0.0892. The lowest BCUT2D eigenvalue weighted by Crippen LogP contribution is -2.62. The van der Waals surface area contributed by atoms with E-state index < -0.39 is 0 Å². The molecule has 1 fully saturated rings. The van der Waals surface area contributed by atoms with Crippen LogP contribution >= 0.6 is 0 Å². The van der Waals surface area contributed by atoms with Crippen molar-refractivity contribution in [1.29, 1.82) is 0 Å². The third-order valence-corrected chi connectivity index (χ3v) is 4.73. The third kappa shape index (κ3) is 3.69. The fourth-order valence-electron chi connectivity index (χ4n) is 3.67. The highest BCUT2D eigenvalue weighted by atomic mass is 16.3. The third-order valence-electron chi connectivity index (χ3n) is 4.73. The number of nitrogens with one attached hydrogen (secondary N) is 1. The van der Waals surface area contributed by atoms with E-state index in [-0.39, 0.29) is 12.1 Å². The summed E-state index contributed by atoms with van der Waals surface area (Å²) in [4.78, 5) is 0. The molecule has 3 nitrogen and oxygen atoms in total. The molecule has 0 heterocycles. The van der Waals surface area contributed by atoms with E-state index in [1.54, 1.807) is 0 Å². The van der Waals surface area contributed by atoms with E-state index in [0.717, 1.165) is 19.4 Å². The fourth-order valence-corrected chi connectivity index (χ4v) is 3.67. The molecular formula is C15H32N2O. The number of nitrogens with two attached hydrogens (primary N) is 1. The monoisotopic (exact) mass is 256 g/mol. The minimum absolute atomic E-state index is 0.0995. The fraction of sp³-hybridized carbons (Fsp3) is 1.00. The summed E-state index contributed by atoms with van der Waals surface area (Å²) in [6, 6.07) is 0.401. The van der Waals surface area contributed by atoms with Gasteiger partial charge in [-0.05, 0) is 37.5 Å². The number of rotatable bonds is 7. The Morgan fingerprint density at radius 2 is 2.11 bits per heavy atom. The van der Waals surface area contributed by atoms with Crippen LogP contribution < -0.4 is 11.1 Å². The van der Waals surface area contributed by atoms with Crippen molar-refractivity contribution in [2.75, 3.05) is 13.2 Å². The van der Waals surface area contributed by atoms with Gasteiger partial charge in [0.25, 0.3) is 0 Å². The van der Waals surface area contributed by atoms with E-state index in [1.807, 2.05) is 0 Å². The maximum Gasteiger partial charge on any atom is 0.0445 e. The molecular weight excluding hydrogens is 224 g/mol. The quantitative estimate of drug-likeness (QED) is 0.655. The summed E-state index contributed by atoms with van der Waals surface area (Å²) >= 11 is 0. The molecule has 1 aliphatic carbocycles. The smallest absolute Gasteiger partial charge is 0.0445 e. The first-order chi connectivity index (χ1) is 8.59. The molecule has 0 amide bonds. The van der Waals surface area contributed by atoms with Gasteiger partial charge < -0.3 is 16.2 Å². The largest absolute Gasteiger partial charge is 0.396 e. The molecule has 1 saturated carbocycles. The van der Waals surface area contributed by atoms with Gasteiger partial charge in [-0.1, -0.05) is 33.6 Å². The van der Waals surface area contributed by atoms with E-state index in [0.29, 0.717) is 17.9 Å². The Kier molecular flexibility index (Phi) is 6.61. The predicted octanol–water partition coefficient (Wildman–Crippen LogP) is 2.28. The SMILES string of the molecule is CCC(CCO)NC1(CN)CCCCC1C(C)C. The Bertz CT molecular complexity index is 233. The maximum atomic E-state index is 9.16. The van der Waals surface area contributed by atoms with Crippen LogP contribution in [0.25, 0.3) is 0 Å². The molecule has 1 aliphatic rings. The summed E-state index contributed by atoms with van der Waals surface area (Å²) in [6.45, 7) is 7.80. The maximum absolute atomic E-state index is 9.16. The number of hydrogen-bond acceptors (Lipinski definition) is 3. The average Bonchev–Trinajstić information content (AvgIpc) is 2.38. The summed E-state index contributed by atoms with van der Waals surface area (Å²) in [6.07, 6.45) is 6.99. The molecule has 3 atom stereocenters. The van der Waals surface area contributed by atoms with Crippen LogP contribution in [0.4, 0.5) is 0 Å². The van der Waals surface area contributed by atoms with Gasteiger partial charge >= 0.3 is 0 Å². The van der Waals surface area contributed by atoms with E-state index in [4.69, 9.17) is 10.8 Å². The minimum atomic E-state index is 0.0995. The van der Waals surface area contributed by atoms with Crippen LogP contribution in [0.3, 0.4) is 0 Å². The summed E-state index contributed by atoms with van der Waals surface area (Å²) in [7, 11) is 0. The van der Waals surface area contributed by atoms with Gasteiger partial charge in [0.2, 0.25) is 0 Å². The molecule has 18 heavy (non-hydrogen) atoms. The molecule has 0 aromatic carbocycles. The molecule has 0 bridgehead atoms. The van der Waals surface area contributed by atoms with Crippen molar-refractivity contribution in [2.24, 2.45) is 17.6 Å². The zero-order chi connectivity index (χ0) is 13.6. The molecule has 108 valence electrons. The Morgan fingerprint density at radius 1 is 1.39 bits per heavy atom. The van der Waals surface area contributed by atoms with Crippen molar-refractivity contribution in [2.45, 2.75) is 70.9 Å². The van der Waals surface area contributed by atoms with Crippen LogP contribution in [0.1, 0.15) is 59.3 Å². The zero-order valence-corrected chi connectivity index (χ0v) is 12.4. The minimum Gasteiger partial charge on any atom is -0.396 e. The molecule has 4 N–H and O–H groups in total. The van der Waals surface area contributed by atoms with Gasteiger partial charge in [-0.15, -0.1) is 0 Å². The standard InChI is InChI=1S/C15H32N2O/c1-4-13(8-10-18)17-15(11-16)9-6-5-7-14(15)12(2)3/h12-14,17-18H,4-11,16H2,1-3H3. The van der Waals surface area contributed by atoms with Crippen molar-refractivity contribution in [3.8, 4) is 0 Å². The molecule has 0 radical (unpaired) electrons. The first kappa shape index (κ1) is 15.9. The summed E-state index contributed by atoms with van der Waals surface area (Å²) in [5, 5.41) is 13.0. The second-order valence-electron chi connectivity index (χ2n) is 6.22. The summed E-state index contributed by atoms with van der Waals surface area (Å²) < 4.78 is 0. The van der Waals surface area contributed by atoms with Crippen molar-refractivity contribution in [1.82, 2.24) is 5.32 Å². The van der Waals surface area contributed by atoms with Crippen LogP contribution in [0, 0.1) is 11.8 Å². The van der Waals surface area contributed by atoms with Gasteiger partial charge in [-0.25, -0.2) is 0 Å². The van der Waals surface area contributed by atoms with Gasteiger partial charge in [0, 0.05) is 24.7 Å². The molecule has 0 aliphatic heterocycles. The van der Waals surface area contributed by atoms with Crippen molar-refractivity contribution >= 4 is 0 Å². The van der Waals surface area contributed by atoms with Crippen LogP contribution in [-0.2, 0) is 0 Å². The van der Waals surface area contributed by atoms with Gasteiger partial charge in [0.1, 0.15) is 0 Å². The highest BCUT2D eigenvalue weighted by Gasteiger charge is 2.41. The molecule has 0 spiro atoms. The van der Waals surface area contributed by atoms with Gasteiger partial charge in [-0.2, -0.15) is 0 Å². The van der Waals surface area contributed by atoms with Crippen LogP contribution in [0.2, 0.25) is 0 Å². The highest BCUT2D eigenvalue weighted by molar-refractivity contribution is 5.00. The summed E-state index contributed by atoms with van der Waals surface area (Å²) in [5.74, 6) is 1.34. The van der Waals surface area contributed by atoms with Crippen LogP contribution in [-0.4, -0.2) is 29.8 Å². The Labute approximate surface area is 113 Å². The van der Waals surface area contributed by atoms with Crippen LogP contribution in [0.15, 0.2) is 0 Å². The number of aliphatic hydroxyl groups excluding tert-OH is 1. The Morgan fingerprint density at radius 3 is 2.61 bits per heavy atom. The number of aliphatic hydroxyl groups is 1. The predicted molar refractivity (Wildman–Crippen MR) is 77.5 cm³/mol. The Balaban J connectivity index is 2.79. The molecule has 1 rings (SSSR count). The van der Waals surface area contributed by atoms with Crippen molar-refractivity contribution < 1.29 is 5.11 Å². The summed E-state index contributed by atoms with van der Waals surface area (Å²) in [5.41, 5.74) is 6.24.